The SMILES string of the molecule is O=C(O)C(S)C(S)C(=O)NCCCCCCCCNC(=O)C(S)C(S)C(=O)O. The molecule has 0 aliphatic carbocycles. The number of aliphatic carboxylic acids is 2. The third-order valence-corrected chi connectivity index (χ3v) is 6.42. The zero-order valence-electron chi connectivity index (χ0n) is 15.3. The molecule has 0 aromatic carbocycles. The van der Waals surface area contributed by atoms with Crippen LogP contribution in [0.25, 0.3) is 0 Å². The van der Waals surface area contributed by atoms with Gasteiger partial charge in [-0.25, -0.2) is 0 Å². The molecule has 4 atom stereocenters. The van der Waals surface area contributed by atoms with E-state index in [-0.39, 0.29) is 0 Å². The number of carboxylic acids is 2. The lowest BCUT2D eigenvalue weighted by atomic mass is 10.1. The van der Waals surface area contributed by atoms with Crippen molar-refractivity contribution in [3.63, 3.8) is 0 Å². The van der Waals surface area contributed by atoms with Gasteiger partial charge in [0.2, 0.25) is 11.8 Å². The van der Waals surface area contributed by atoms with Crippen molar-refractivity contribution < 1.29 is 29.4 Å². The van der Waals surface area contributed by atoms with Gasteiger partial charge in [0.05, 0.1) is 0 Å². The van der Waals surface area contributed by atoms with E-state index in [1.807, 2.05) is 0 Å². The van der Waals surface area contributed by atoms with Crippen LogP contribution in [0, 0.1) is 0 Å². The summed E-state index contributed by atoms with van der Waals surface area (Å²) >= 11 is 15.6. The fraction of sp³-hybridized carbons (Fsp3) is 0.750. The Kier molecular flexibility index (Phi) is 14.8. The Morgan fingerprint density at radius 1 is 0.571 bits per heavy atom. The molecule has 0 saturated heterocycles. The largest absolute Gasteiger partial charge is 0.480 e. The third kappa shape index (κ3) is 11.3. The van der Waals surface area contributed by atoms with Crippen LogP contribution >= 0.6 is 50.5 Å². The van der Waals surface area contributed by atoms with Crippen molar-refractivity contribution in [2.24, 2.45) is 0 Å². The molecule has 4 unspecified atom stereocenters. The van der Waals surface area contributed by atoms with E-state index in [9.17, 15) is 19.2 Å². The Labute approximate surface area is 186 Å². The highest BCUT2D eigenvalue weighted by Crippen LogP contribution is 2.11. The number of hydrogen-bond acceptors (Lipinski definition) is 8. The van der Waals surface area contributed by atoms with E-state index in [2.05, 4.69) is 61.1 Å². The lowest BCUT2D eigenvalue weighted by molar-refractivity contribution is -0.138. The fourth-order valence-electron chi connectivity index (χ4n) is 2.15. The predicted molar refractivity (Wildman–Crippen MR) is 120 cm³/mol. The van der Waals surface area contributed by atoms with Crippen LogP contribution in [-0.4, -0.2) is 68.1 Å². The van der Waals surface area contributed by atoms with Gasteiger partial charge in [-0.2, -0.15) is 50.5 Å². The predicted octanol–water partition coefficient (Wildman–Crippen LogP) is 0.922. The first kappa shape index (κ1) is 27.3. The number of unbranched alkanes of at least 4 members (excludes halogenated alkanes) is 5. The fourth-order valence-corrected chi connectivity index (χ4v) is 2.85. The van der Waals surface area contributed by atoms with Gasteiger partial charge in [0, 0.05) is 13.1 Å². The van der Waals surface area contributed by atoms with Gasteiger partial charge in [0.1, 0.15) is 21.0 Å². The molecule has 0 bridgehead atoms. The van der Waals surface area contributed by atoms with Crippen LogP contribution in [0.2, 0.25) is 0 Å². The Morgan fingerprint density at radius 2 is 0.857 bits per heavy atom. The summed E-state index contributed by atoms with van der Waals surface area (Å²) in [7, 11) is 0. The second-order valence-electron chi connectivity index (χ2n) is 6.16. The Hall–Kier alpha value is -0.720. The quantitative estimate of drug-likeness (QED) is 0.132. The minimum atomic E-state index is -1.19. The van der Waals surface area contributed by atoms with Crippen LogP contribution in [0.15, 0.2) is 0 Å². The summed E-state index contributed by atoms with van der Waals surface area (Å²) in [5, 5.41) is 18.5. The number of carboxylic acid groups (broad SMARTS) is 2. The maximum atomic E-state index is 11.7. The van der Waals surface area contributed by atoms with Crippen LogP contribution in [0.1, 0.15) is 38.5 Å². The van der Waals surface area contributed by atoms with Crippen molar-refractivity contribution in [1.82, 2.24) is 10.6 Å². The lowest BCUT2D eigenvalue weighted by Gasteiger charge is -2.14. The van der Waals surface area contributed by atoms with Crippen LogP contribution in [0.5, 0.6) is 0 Å². The smallest absolute Gasteiger partial charge is 0.318 e. The molecule has 0 aliphatic rings. The monoisotopic (exact) mass is 472 g/mol. The minimum absolute atomic E-state index is 0.448. The first-order chi connectivity index (χ1) is 13.1. The highest BCUT2D eigenvalue weighted by molar-refractivity contribution is 7.86. The average molecular weight is 473 g/mol. The van der Waals surface area contributed by atoms with Crippen LogP contribution in [0.3, 0.4) is 0 Å². The Bertz CT molecular complexity index is 491. The lowest BCUT2D eigenvalue weighted by Crippen LogP contribution is -2.40. The number of carbonyl (C=O) groups is 4. The maximum Gasteiger partial charge on any atom is 0.318 e. The summed E-state index contributed by atoms with van der Waals surface area (Å²) in [6.07, 6.45) is 5.29. The molecule has 0 fully saturated rings. The molecular weight excluding hydrogens is 444 g/mol. The summed E-state index contributed by atoms with van der Waals surface area (Å²) in [5.74, 6) is -3.27. The van der Waals surface area contributed by atoms with Crippen LogP contribution in [-0.2, 0) is 19.2 Å². The summed E-state index contributed by atoms with van der Waals surface area (Å²) in [4.78, 5) is 44.9. The maximum absolute atomic E-state index is 11.7. The van der Waals surface area contributed by atoms with Crippen molar-refractivity contribution >= 4 is 74.3 Å². The molecule has 0 aromatic rings. The van der Waals surface area contributed by atoms with E-state index < -0.39 is 44.8 Å². The molecule has 0 spiro atoms. The summed E-state index contributed by atoms with van der Waals surface area (Å²) < 4.78 is 0. The molecule has 0 saturated carbocycles. The minimum Gasteiger partial charge on any atom is -0.480 e. The van der Waals surface area contributed by atoms with E-state index in [1.165, 1.54) is 0 Å². The van der Waals surface area contributed by atoms with E-state index in [1.54, 1.807) is 0 Å². The van der Waals surface area contributed by atoms with Crippen molar-refractivity contribution in [2.45, 2.75) is 59.5 Å². The van der Waals surface area contributed by atoms with Crippen LogP contribution < -0.4 is 10.6 Å². The van der Waals surface area contributed by atoms with Gasteiger partial charge in [-0.15, -0.1) is 0 Å². The summed E-state index contributed by atoms with van der Waals surface area (Å²) in [6.45, 7) is 0.897. The highest BCUT2D eigenvalue weighted by Gasteiger charge is 2.28. The molecule has 0 radical (unpaired) electrons. The van der Waals surface area contributed by atoms with Gasteiger partial charge in [-0.05, 0) is 12.8 Å². The number of amides is 2. The topological polar surface area (TPSA) is 133 Å². The molecule has 0 aromatic heterocycles. The molecule has 12 heteroatoms. The normalized spacial score (nSPS) is 15.1. The van der Waals surface area contributed by atoms with Crippen LogP contribution in [0.4, 0.5) is 0 Å². The zero-order chi connectivity index (χ0) is 21.7. The van der Waals surface area contributed by atoms with E-state index in [4.69, 9.17) is 10.2 Å². The van der Waals surface area contributed by atoms with E-state index in [0.29, 0.717) is 13.1 Å². The standard InChI is InChI=1S/C16H28N2O6S4/c19-13(9(25)11(27)15(21)22)17-7-5-3-1-2-4-6-8-18-14(20)10(26)12(28)16(23)24/h9-12,25-28H,1-8H2,(H,17,19)(H,18,20)(H,21,22)(H,23,24). The van der Waals surface area contributed by atoms with E-state index in [0.717, 1.165) is 38.5 Å². The number of nitrogens with one attached hydrogen (secondary N) is 2. The van der Waals surface area contributed by atoms with Gasteiger partial charge in [-0.3, -0.25) is 19.2 Å². The molecule has 162 valence electrons. The molecule has 2 amide bonds. The van der Waals surface area contributed by atoms with Crippen molar-refractivity contribution in [3.05, 3.63) is 0 Å². The first-order valence-electron chi connectivity index (χ1n) is 8.82. The molecule has 0 heterocycles. The second kappa shape index (κ2) is 15.2. The van der Waals surface area contributed by atoms with Gasteiger partial charge < -0.3 is 20.8 Å². The summed E-state index contributed by atoms with van der Waals surface area (Å²) in [5.41, 5.74) is 0. The number of rotatable bonds is 15. The molecule has 0 aliphatic heterocycles. The molecular formula is C16H28N2O6S4. The first-order valence-corrected chi connectivity index (χ1v) is 10.9. The molecule has 28 heavy (non-hydrogen) atoms. The molecule has 0 rings (SSSR count). The molecule has 8 nitrogen and oxygen atoms in total. The Balaban J connectivity index is 3.65. The second-order valence-corrected chi connectivity index (χ2v) is 8.38. The average Bonchev–Trinajstić information content (AvgIpc) is 2.66. The zero-order valence-corrected chi connectivity index (χ0v) is 18.9. The summed E-state index contributed by atoms with van der Waals surface area (Å²) in [6, 6.07) is 0. The molecule has 4 N–H and O–H groups in total. The van der Waals surface area contributed by atoms with Crippen molar-refractivity contribution in [3.8, 4) is 0 Å². The van der Waals surface area contributed by atoms with Gasteiger partial charge in [-0.1, -0.05) is 25.7 Å². The van der Waals surface area contributed by atoms with Crippen molar-refractivity contribution in [1.29, 1.82) is 0 Å². The third-order valence-electron chi connectivity index (χ3n) is 3.84. The van der Waals surface area contributed by atoms with Gasteiger partial charge in [0.15, 0.2) is 0 Å². The Morgan fingerprint density at radius 3 is 1.14 bits per heavy atom. The number of thiol groups is 4. The number of carbonyl (C=O) groups excluding carboxylic acids is 2. The van der Waals surface area contributed by atoms with Crippen molar-refractivity contribution in [2.75, 3.05) is 13.1 Å². The number of hydrogen-bond donors (Lipinski definition) is 8. The van der Waals surface area contributed by atoms with Gasteiger partial charge >= 0.3 is 11.9 Å². The van der Waals surface area contributed by atoms with Gasteiger partial charge in [0.25, 0.3) is 0 Å². The highest BCUT2D eigenvalue weighted by atomic mass is 32.1. The van der Waals surface area contributed by atoms with E-state index >= 15 is 0 Å².